The predicted molar refractivity (Wildman–Crippen MR) is 93.3 cm³/mol. The van der Waals surface area contributed by atoms with E-state index in [2.05, 4.69) is 32.6 Å². The topological polar surface area (TPSA) is 26.3 Å². The number of carbonyl (C=O) groups excluding carboxylic acids is 1. The lowest BCUT2D eigenvalue weighted by molar-refractivity contribution is -0.140. The van der Waals surface area contributed by atoms with Crippen LogP contribution in [-0.4, -0.2) is 21.2 Å². The minimum Gasteiger partial charge on any atom is -0.469 e. The molecule has 0 saturated heterocycles. The lowest BCUT2D eigenvalue weighted by Crippen LogP contribution is -2.38. The summed E-state index contributed by atoms with van der Waals surface area (Å²) in [6, 6.07) is 0. The van der Waals surface area contributed by atoms with Crippen LogP contribution in [0.25, 0.3) is 0 Å². The lowest BCUT2D eigenvalue weighted by atomic mass is 9.81. The highest BCUT2D eigenvalue weighted by Gasteiger charge is 2.39. The number of methoxy groups -OCH3 is 1. The minimum absolute atomic E-state index is 0.00230. The molecule has 0 bridgehead atoms. The molecule has 3 heteroatoms. The summed E-state index contributed by atoms with van der Waals surface area (Å²) in [4.78, 5) is 12.4. The summed E-state index contributed by atoms with van der Waals surface area (Å²) in [6.45, 7) is 9.12. The van der Waals surface area contributed by atoms with Crippen molar-refractivity contribution in [3.63, 3.8) is 0 Å². The first-order valence-electron chi connectivity index (χ1n) is 8.69. The van der Waals surface area contributed by atoms with Crippen molar-refractivity contribution >= 4 is 14.0 Å². The van der Waals surface area contributed by atoms with E-state index in [0.717, 1.165) is 6.42 Å². The molecular weight excluding hydrogens is 276 g/mol. The van der Waals surface area contributed by atoms with Crippen LogP contribution in [0.15, 0.2) is 11.6 Å². The molecule has 0 heterocycles. The van der Waals surface area contributed by atoms with Crippen molar-refractivity contribution in [2.75, 3.05) is 7.11 Å². The molecule has 1 rings (SSSR count). The van der Waals surface area contributed by atoms with E-state index in [1.807, 2.05) is 0 Å². The van der Waals surface area contributed by atoms with Gasteiger partial charge in [-0.05, 0) is 25.2 Å². The quantitative estimate of drug-likeness (QED) is 0.266. The molecule has 2 nitrogen and oxygen atoms in total. The molecule has 1 fully saturated rings. The van der Waals surface area contributed by atoms with E-state index in [4.69, 9.17) is 4.74 Å². The monoisotopic (exact) mass is 310 g/mol. The van der Waals surface area contributed by atoms with Crippen molar-refractivity contribution in [3.05, 3.63) is 11.6 Å². The van der Waals surface area contributed by atoms with Gasteiger partial charge in [0.05, 0.1) is 20.7 Å². The van der Waals surface area contributed by atoms with Crippen molar-refractivity contribution in [1.82, 2.24) is 0 Å². The summed E-state index contributed by atoms with van der Waals surface area (Å²) >= 11 is 0. The fourth-order valence-corrected chi connectivity index (χ4v) is 5.71. The van der Waals surface area contributed by atoms with E-state index in [9.17, 15) is 4.79 Å². The van der Waals surface area contributed by atoms with Crippen LogP contribution in [0.5, 0.6) is 0 Å². The van der Waals surface area contributed by atoms with Crippen LogP contribution in [0.3, 0.4) is 0 Å². The summed E-state index contributed by atoms with van der Waals surface area (Å²) < 4.78 is 5.17. The molecule has 0 aromatic carbocycles. The largest absolute Gasteiger partial charge is 0.469 e. The maximum atomic E-state index is 12.4. The first-order valence-corrected chi connectivity index (χ1v) is 12.3. The molecule has 0 N–H and O–H groups in total. The Morgan fingerprint density at radius 2 is 1.86 bits per heavy atom. The van der Waals surface area contributed by atoms with Gasteiger partial charge in [0.25, 0.3) is 0 Å². The highest BCUT2D eigenvalue weighted by molar-refractivity contribution is 6.81. The van der Waals surface area contributed by atoms with Crippen molar-refractivity contribution < 1.29 is 9.53 Å². The SMILES string of the molecule is CCCC/C=C(/C1CCCCC1)C(C(=O)OC)[Si](C)(C)C. The molecule has 0 spiro atoms. The smallest absolute Gasteiger partial charge is 0.309 e. The molecule has 0 radical (unpaired) electrons. The minimum atomic E-state index is -1.62. The van der Waals surface area contributed by atoms with Gasteiger partial charge in [-0.15, -0.1) is 0 Å². The molecule has 122 valence electrons. The van der Waals surface area contributed by atoms with Gasteiger partial charge in [-0.1, -0.05) is 70.3 Å². The number of carbonyl (C=O) groups is 1. The lowest BCUT2D eigenvalue weighted by Gasteiger charge is -2.35. The zero-order valence-corrected chi connectivity index (χ0v) is 15.7. The van der Waals surface area contributed by atoms with Crippen LogP contribution in [-0.2, 0) is 9.53 Å². The van der Waals surface area contributed by atoms with E-state index in [1.54, 1.807) is 7.11 Å². The van der Waals surface area contributed by atoms with Crippen LogP contribution in [0.2, 0.25) is 25.2 Å². The van der Waals surface area contributed by atoms with Crippen LogP contribution >= 0.6 is 0 Å². The average Bonchev–Trinajstić information content (AvgIpc) is 2.45. The zero-order chi connectivity index (χ0) is 15.9. The molecule has 0 aromatic rings. The summed E-state index contributed by atoms with van der Waals surface area (Å²) in [6.07, 6.45) is 12.4. The van der Waals surface area contributed by atoms with Gasteiger partial charge in [0.1, 0.15) is 0 Å². The Morgan fingerprint density at radius 3 is 2.33 bits per heavy atom. The molecule has 1 aliphatic rings. The van der Waals surface area contributed by atoms with Crippen molar-refractivity contribution in [2.45, 2.75) is 83.5 Å². The first-order chi connectivity index (χ1) is 9.91. The van der Waals surface area contributed by atoms with Crippen LogP contribution in [0.1, 0.15) is 58.3 Å². The second-order valence-electron chi connectivity index (χ2n) is 7.50. The second-order valence-corrected chi connectivity index (χ2v) is 12.8. The van der Waals surface area contributed by atoms with E-state index in [-0.39, 0.29) is 11.5 Å². The van der Waals surface area contributed by atoms with Gasteiger partial charge in [-0.3, -0.25) is 4.79 Å². The third-order valence-corrected chi connectivity index (χ3v) is 6.95. The van der Waals surface area contributed by atoms with Gasteiger partial charge in [0, 0.05) is 0 Å². The summed E-state index contributed by atoms with van der Waals surface area (Å²) in [5, 5.41) is 0. The Morgan fingerprint density at radius 1 is 1.24 bits per heavy atom. The average molecular weight is 311 g/mol. The first kappa shape index (κ1) is 18.5. The highest BCUT2D eigenvalue weighted by atomic mass is 28.3. The number of hydrogen-bond acceptors (Lipinski definition) is 2. The van der Waals surface area contributed by atoms with Gasteiger partial charge >= 0.3 is 5.97 Å². The molecule has 1 unspecified atom stereocenters. The fourth-order valence-electron chi connectivity index (χ4n) is 3.54. The van der Waals surface area contributed by atoms with Gasteiger partial charge < -0.3 is 4.74 Å². The van der Waals surface area contributed by atoms with Crippen molar-refractivity contribution in [2.24, 2.45) is 5.92 Å². The summed E-state index contributed by atoms with van der Waals surface area (Å²) in [5.41, 5.74) is 1.47. The van der Waals surface area contributed by atoms with E-state index in [1.165, 1.54) is 50.5 Å². The Labute approximate surface area is 132 Å². The number of unbranched alkanes of at least 4 members (excludes halogenated alkanes) is 2. The molecule has 21 heavy (non-hydrogen) atoms. The number of esters is 1. The van der Waals surface area contributed by atoms with Crippen molar-refractivity contribution in [1.29, 1.82) is 0 Å². The number of allylic oxidation sites excluding steroid dienone is 1. The van der Waals surface area contributed by atoms with E-state index >= 15 is 0 Å². The molecule has 0 aromatic heterocycles. The molecule has 0 aliphatic heterocycles. The van der Waals surface area contributed by atoms with E-state index < -0.39 is 8.07 Å². The maximum absolute atomic E-state index is 12.4. The molecule has 1 atom stereocenters. The Bertz CT molecular complexity index is 349. The Balaban J connectivity index is 3.05. The van der Waals surface area contributed by atoms with Gasteiger partial charge in [0.15, 0.2) is 0 Å². The molecule has 1 aliphatic carbocycles. The van der Waals surface area contributed by atoms with Crippen LogP contribution in [0.4, 0.5) is 0 Å². The summed E-state index contributed by atoms with van der Waals surface area (Å²) in [7, 11) is -0.0791. The summed E-state index contributed by atoms with van der Waals surface area (Å²) in [5.74, 6) is 0.619. The predicted octanol–water partition coefficient (Wildman–Crippen LogP) is 5.56. The van der Waals surface area contributed by atoms with Gasteiger partial charge in [0.2, 0.25) is 0 Å². The second kappa shape index (κ2) is 8.77. The highest BCUT2D eigenvalue weighted by Crippen LogP contribution is 2.41. The number of hydrogen-bond donors (Lipinski definition) is 0. The van der Waals surface area contributed by atoms with Gasteiger partial charge in [-0.25, -0.2) is 0 Å². The normalized spacial score (nSPS) is 19.4. The zero-order valence-electron chi connectivity index (χ0n) is 14.7. The third-order valence-electron chi connectivity index (χ3n) is 4.65. The van der Waals surface area contributed by atoms with Crippen molar-refractivity contribution in [3.8, 4) is 0 Å². The molecular formula is C18H34O2Si. The Kier molecular flexibility index (Phi) is 7.72. The standard InChI is InChI=1S/C18H34O2Si/c1-6-7-9-14-16(15-12-10-8-11-13-15)17(18(19)20-2)21(3,4)5/h14-15,17H,6-13H2,1-5H3/b16-14-. The third kappa shape index (κ3) is 5.61. The maximum Gasteiger partial charge on any atom is 0.309 e. The number of rotatable bonds is 7. The molecule has 1 saturated carbocycles. The number of ether oxygens (including phenoxy) is 1. The van der Waals surface area contributed by atoms with Gasteiger partial charge in [-0.2, -0.15) is 0 Å². The van der Waals surface area contributed by atoms with E-state index in [0.29, 0.717) is 5.92 Å². The molecule has 0 amide bonds. The van der Waals surface area contributed by atoms with Crippen LogP contribution < -0.4 is 0 Å². The van der Waals surface area contributed by atoms with Crippen LogP contribution in [0, 0.1) is 5.92 Å². The Hall–Kier alpha value is -0.573. The fraction of sp³-hybridized carbons (Fsp3) is 0.833.